The lowest BCUT2D eigenvalue weighted by molar-refractivity contribution is 0.459. The summed E-state index contributed by atoms with van der Waals surface area (Å²) in [6.45, 7) is 0. The maximum Gasteiger partial charge on any atom is 0.221 e. The molecule has 1 aromatic heterocycles. The minimum absolute atomic E-state index is 0.509. The van der Waals surface area contributed by atoms with E-state index in [2.05, 4.69) is 10.2 Å². The minimum Gasteiger partial charge on any atom is -0.425 e. The first-order valence-electron chi connectivity index (χ1n) is 5.48. The van der Waals surface area contributed by atoms with E-state index in [0.717, 1.165) is 17.1 Å². The number of aromatic nitrogens is 2. The van der Waals surface area contributed by atoms with Crippen LogP contribution in [0.25, 0.3) is 0 Å². The molecule has 1 fully saturated rings. The van der Waals surface area contributed by atoms with Crippen molar-refractivity contribution < 1.29 is 4.42 Å². The number of nitrogens with zero attached hydrogens (tertiary/aromatic N) is 2. The van der Waals surface area contributed by atoms with Crippen molar-refractivity contribution in [2.24, 2.45) is 0 Å². The second kappa shape index (κ2) is 3.63. The topological polar surface area (TPSA) is 64.9 Å². The number of nitrogen functional groups attached to an aromatic ring is 1. The lowest BCUT2D eigenvalue weighted by atomic mass is 10.1. The molecular formula is C12H13N3O. The Bertz CT molecular complexity index is 502. The van der Waals surface area contributed by atoms with Gasteiger partial charge in [0.25, 0.3) is 0 Å². The number of hydrogen-bond acceptors (Lipinski definition) is 4. The van der Waals surface area contributed by atoms with Crippen LogP contribution in [0.1, 0.15) is 36.1 Å². The van der Waals surface area contributed by atoms with Crippen LogP contribution in [-0.2, 0) is 6.42 Å². The SMILES string of the molecule is Nc1ccccc1Cc1nnc(C2CC2)o1. The van der Waals surface area contributed by atoms with E-state index < -0.39 is 0 Å². The zero-order chi connectivity index (χ0) is 11.0. The van der Waals surface area contributed by atoms with E-state index in [4.69, 9.17) is 10.2 Å². The van der Waals surface area contributed by atoms with Gasteiger partial charge in [0.05, 0.1) is 6.42 Å². The van der Waals surface area contributed by atoms with Crippen LogP contribution in [0.2, 0.25) is 0 Å². The minimum atomic E-state index is 0.509. The molecule has 4 nitrogen and oxygen atoms in total. The first kappa shape index (κ1) is 9.39. The largest absolute Gasteiger partial charge is 0.425 e. The Morgan fingerprint density at radius 1 is 1.25 bits per heavy atom. The zero-order valence-electron chi connectivity index (χ0n) is 8.89. The molecule has 16 heavy (non-hydrogen) atoms. The van der Waals surface area contributed by atoms with Gasteiger partial charge in [-0.1, -0.05) is 18.2 Å². The summed E-state index contributed by atoms with van der Waals surface area (Å²) in [6.07, 6.45) is 2.97. The van der Waals surface area contributed by atoms with Crippen LogP contribution in [0.5, 0.6) is 0 Å². The molecule has 1 heterocycles. The lowest BCUT2D eigenvalue weighted by Crippen LogP contribution is -1.95. The van der Waals surface area contributed by atoms with Crippen molar-refractivity contribution in [3.63, 3.8) is 0 Å². The normalized spacial score (nSPS) is 15.2. The van der Waals surface area contributed by atoms with Crippen LogP contribution in [0.4, 0.5) is 5.69 Å². The maximum atomic E-state index is 5.86. The standard InChI is InChI=1S/C12H13N3O/c13-10-4-2-1-3-9(10)7-11-14-15-12(16-11)8-5-6-8/h1-4,8H,5-7,13H2. The Labute approximate surface area is 93.5 Å². The van der Waals surface area contributed by atoms with Gasteiger partial charge in [0.2, 0.25) is 11.8 Å². The molecule has 1 aromatic carbocycles. The number of nitrogens with two attached hydrogens (primary N) is 1. The quantitative estimate of drug-likeness (QED) is 0.796. The van der Waals surface area contributed by atoms with Crippen molar-refractivity contribution in [2.45, 2.75) is 25.2 Å². The van der Waals surface area contributed by atoms with Crippen molar-refractivity contribution >= 4 is 5.69 Å². The Morgan fingerprint density at radius 3 is 2.81 bits per heavy atom. The third-order valence-electron chi connectivity index (χ3n) is 2.81. The number of para-hydroxylation sites is 1. The highest BCUT2D eigenvalue weighted by Gasteiger charge is 2.29. The molecule has 0 saturated heterocycles. The van der Waals surface area contributed by atoms with E-state index in [1.807, 2.05) is 24.3 Å². The van der Waals surface area contributed by atoms with Gasteiger partial charge in [-0.15, -0.1) is 10.2 Å². The third kappa shape index (κ3) is 1.78. The fourth-order valence-electron chi connectivity index (χ4n) is 1.69. The van der Waals surface area contributed by atoms with Crippen molar-refractivity contribution in [3.8, 4) is 0 Å². The Kier molecular flexibility index (Phi) is 2.13. The first-order valence-corrected chi connectivity index (χ1v) is 5.48. The highest BCUT2D eigenvalue weighted by Crippen LogP contribution is 2.39. The van der Waals surface area contributed by atoms with Gasteiger partial charge in [-0.05, 0) is 24.5 Å². The van der Waals surface area contributed by atoms with Crippen molar-refractivity contribution in [1.82, 2.24) is 10.2 Å². The van der Waals surface area contributed by atoms with Crippen LogP contribution in [0.3, 0.4) is 0 Å². The third-order valence-corrected chi connectivity index (χ3v) is 2.81. The summed E-state index contributed by atoms with van der Waals surface area (Å²) in [5.74, 6) is 1.94. The van der Waals surface area contributed by atoms with Gasteiger partial charge in [-0.25, -0.2) is 0 Å². The second-order valence-electron chi connectivity index (χ2n) is 4.18. The van der Waals surface area contributed by atoms with Crippen LogP contribution in [0, 0.1) is 0 Å². The molecule has 0 radical (unpaired) electrons. The van der Waals surface area contributed by atoms with Crippen LogP contribution in [-0.4, -0.2) is 10.2 Å². The maximum absolute atomic E-state index is 5.86. The van der Waals surface area contributed by atoms with Gasteiger partial charge >= 0.3 is 0 Å². The Morgan fingerprint density at radius 2 is 2.06 bits per heavy atom. The molecule has 0 amide bonds. The number of rotatable bonds is 3. The molecule has 3 rings (SSSR count). The van der Waals surface area contributed by atoms with Crippen LogP contribution < -0.4 is 5.73 Å². The lowest BCUT2D eigenvalue weighted by Gasteiger charge is -2.00. The molecule has 1 aliphatic rings. The summed E-state index contributed by atoms with van der Waals surface area (Å²) < 4.78 is 5.59. The molecule has 2 N–H and O–H groups in total. The summed E-state index contributed by atoms with van der Waals surface area (Å²) in [7, 11) is 0. The molecular weight excluding hydrogens is 202 g/mol. The number of anilines is 1. The summed E-state index contributed by atoms with van der Waals surface area (Å²) in [5, 5.41) is 8.09. The molecule has 1 aliphatic carbocycles. The van der Waals surface area contributed by atoms with Gasteiger partial charge in [0, 0.05) is 11.6 Å². The fourth-order valence-corrected chi connectivity index (χ4v) is 1.69. The average molecular weight is 215 g/mol. The molecule has 0 unspecified atom stereocenters. The van der Waals surface area contributed by atoms with E-state index in [0.29, 0.717) is 18.2 Å². The Hall–Kier alpha value is -1.84. The summed E-state index contributed by atoms with van der Waals surface area (Å²) in [5.41, 5.74) is 7.67. The number of benzene rings is 1. The van der Waals surface area contributed by atoms with E-state index in [1.54, 1.807) is 0 Å². The monoisotopic (exact) mass is 215 g/mol. The molecule has 0 bridgehead atoms. The average Bonchev–Trinajstić information content (AvgIpc) is 3.03. The van der Waals surface area contributed by atoms with E-state index in [1.165, 1.54) is 12.8 Å². The second-order valence-corrected chi connectivity index (χ2v) is 4.18. The molecule has 2 aromatic rings. The number of hydrogen-bond donors (Lipinski definition) is 1. The highest BCUT2D eigenvalue weighted by atomic mass is 16.4. The predicted molar refractivity (Wildman–Crippen MR) is 59.9 cm³/mol. The molecule has 82 valence electrons. The van der Waals surface area contributed by atoms with Crippen molar-refractivity contribution in [2.75, 3.05) is 5.73 Å². The molecule has 0 aliphatic heterocycles. The first-order chi connectivity index (χ1) is 7.83. The summed E-state index contributed by atoms with van der Waals surface area (Å²) in [6, 6.07) is 7.75. The van der Waals surface area contributed by atoms with E-state index >= 15 is 0 Å². The zero-order valence-corrected chi connectivity index (χ0v) is 8.89. The molecule has 4 heteroatoms. The van der Waals surface area contributed by atoms with Crippen molar-refractivity contribution in [1.29, 1.82) is 0 Å². The Balaban J connectivity index is 1.80. The van der Waals surface area contributed by atoms with Gasteiger partial charge < -0.3 is 10.2 Å². The predicted octanol–water partition coefficient (Wildman–Crippen LogP) is 2.12. The van der Waals surface area contributed by atoms with E-state index in [-0.39, 0.29) is 0 Å². The highest BCUT2D eigenvalue weighted by molar-refractivity contribution is 5.47. The van der Waals surface area contributed by atoms with E-state index in [9.17, 15) is 0 Å². The smallest absolute Gasteiger partial charge is 0.221 e. The molecule has 1 saturated carbocycles. The van der Waals surface area contributed by atoms with Gasteiger partial charge in [0.15, 0.2) is 0 Å². The van der Waals surface area contributed by atoms with Crippen LogP contribution >= 0.6 is 0 Å². The summed E-state index contributed by atoms with van der Waals surface area (Å²) >= 11 is 0. The van der Waals surface area contributed by atoms with Gasteiger partial charge in [0.1, 0.15) is 0 Å². The molecule has 0 atom stereocenters. The van der Waals surface area contributed by atoms with Crippen molar-refractivity contribution in [3.05, 3.63) is 41.6 Å². The molecule has 0 spiro atoms. The van der Waals surface area contributed by atoms with Gasteiger partial charge in [-0.3, -0.25) is 0 Å². The summed E-state index contributed by atoms with van der Waals surface area (Å²) in [4.78, 5) is 0. The van der Waals surface area contributed by atoms with Crippen LogP contribution in [0.15, 0.2) is 28.7 Å². The van der Waals surface area contributed by atoms with Gasteiger partial charge in [-0.2, -0.15) is 0 Å². The fraction of sp³-hybridized carbons (Fsp3) is 0.333.